The van der Waals surface area contributed by atoms with E-state index in [2.05, 4.69) is 19.2 Å². The normalized spacial score (nSPS) is 11.9. The van der Waals surface area contributed by atoms with Gasteiger partial charge in [-0.25, -0.2) is 0 Å². The van der Waals surface area contributed by atoms with Crippen LogP contribution in [-0.4, -0.2) is 11.0 Å². The lowest BCUT2D eigenvalue weighted by molar-refractivity contribution is -0.384. The van der Waals surface area contributed by atoms with Crippen LogP contribution < -0.4 is 5.32 Å². The first-order valence-electron chi connectivity index (χ1n) is 5.40. The first kappa shape index (κ1) is 13.0. The van der Waals surface area contributed by atoms with Gasteiger partial charge in [-0.05, 0) is 18.9 Å². The van der Waals surface area contributed by atoms with Crippen molar-refractivity contribution in [2.75, 3.05) is 5.32 Å². The monoisotopic (exact) mass is 233 g/mol. The van der Waals surface area contributed by atoms with Crippen LogP contribution in [0, 0.1) is 27.4 Å². The summed E-state index contributed by atoms with van der Waals surface area (Å²) < 4.78 is 0. The van der Waals surface area contributed by atoms with Crippen LogP contribution in [-0.2, 0) is 0 Å². The number of nitriles is 1. The molecule has 0 saturated heterocycles. The van der Waals surface area contributed by atoms with E-state index in [1.54, 1.807) is 6.07 Å². The van der Waals surface area contributed by atoms with Crippen molar-refractivity contribution in [3.8, 4) is 6.07 Å². The summed E-state index contributed by atoms with van der Waals surface area (Å²) in [6.45, 7) is 6.14. The summed E-state index contributed by atoms with van der Waals surface area (Å²) in [5.74, 6) is 0.414. The molecule has 5 nitrogen and oxygen atoms in total. The van der Waals surface area contributed by atoms with Gasteiger partial charge in [0.25, 0.3) is 5.69 Å². The van der Waals surface area contributed by atoms with E-state index in [9.17, 15) is 10.1 Å². The molecule has 0 aromatic heterocycles. The van der Waals surface area contributed by atoms with Crippen molar-refractivity contribution in [2.24, 2.45) is 5.92 Å². The quantitative estimate of drug-likeness (QED) is 0.640. The molecule has 0 aliphatic rings. The summed E-state index contributed by atoms with van der Waals surface area (Å²) in [5.41, 5.74) is 0.871. The van der Waals surface area contributed by atoms with Crippen LogP contribution in [0.4, 0.5) is 11.4 Å². The zero-order chi connectivity index (χ0) is 13.0. The molecule has 0 spiro atoms. The molecule has 0 radical (unpaired) electrons. The molecule has 17 heavy (non-hydrogen) atoms. The molecular weight excluding hydrogens is 218 g/mol. The van der Waals surface area contributed by atoms with Gasteiger partial charge < -0.3 is 5.32 Å². The van der Waals surface area contributed by atoms with Crippen molar-refractivity contribution in [2.45, 2.75) is 26.8 Å². The number of hydrogen-bond donors (Lipinski definition) is 1. The number of nitrogens with one attached hydrogen (secondary N) is 1. The Balaban J connectivity index is 3.02. The highest BCUT2D eigenvalue weighted by Crippen LogP contribution is 2.23. The maximum absolute atomic E-state index is 10.6. The topological polar surface area (TPSA) is 79.0 Å². The first-order valence-corrected chi connectivity index (χ1v) is 5.40. The fraction of sp³-hybridized carbons (Fsp3) is 0.417. The molecule has 0 aliphatic heterocycles. The highest BCUT2D eigenvalue weighted by molar-refractivity contribution is 5.61. The van der Waals surface area contributed by atoms with Gasteiger partial charge in [0, 0.05) is 18.2 Å². The number of non-ortho nitro benzene ring substituents is 1. The van der Waals surface area contributed by atoms with E-state index >= 15 is 0 Å². The standard InChI is InChI=1S/C12H15N3O2/c1-8(2)9(3)14-12-5-4-11(15(16)17)6-10(12)7-13/h4-6,8-9,14H,1-3H3/t9-/m1/s1. The first-order chi connectivity index (χ1) is 7.95. The second-order valence-corrected chi connectivity index (χ2v) is 4.28. The van der Waals surface area contributed by atoms with Gasteiger partial charge in [0.2, 0.25) is 0 Å². The predicted molar refractivity (Wildman–Crippen MR) is 65.7 cm³/mol. The van der Waals surface area contributed by atoms with E-state index < -0.39 is 4.92 Å². The van der Waals surface area contributed by atoms with Gasteiger partial charge in [0.1, 0.15) is 6.07 Å². The number of hydrogen-bond acceptors (Lipinski definition) is 4. The number of rotatable bonds is 4. The summed E-state index contributed by atoms with van der Waals surface area (Å²) in [4.78, 5) is 10.1. The number of nitro groups is 1. The van der Waals surface area contributed by atoms with Crippen LogP contribution in [0.1, 0.15) is 26.3 Å². The van der Waals surface area contributed by atoms with Crippen LogP contribution in [0.25, 0.3) is 0 Å². The van der Waals surface area contributed by atoms with E-state index in [0.29, 0.717) is 17.2 Å². The van der Waals surface area contributed by atoms with Crippen LogP contribution in [0.3, 0.4) is 0 Å². The molecule has 1 N–H and O–H groups in total. The number of nitrogens with zero attached hydrogens (tertiary/aromatic N) is 2. The Labute approximate surface area is 100 Å². The molecule has 90 valence electrons. The Bertz CT molecular complexity index is 463. The summed E-state index contributed by atoms with van der Waals surface area (Å²) >= 11 is 0. The van der Waals surface area contributed by atoms with Crippen LogP contribution in [0.15, 0.2) is 18.2 Å². The number of anilines is 1. The average Bonchev–Trinajstić information content (AvgIpc) is 2.28. The molecule has 0 fully saturated rings. The van der Waals surface area contributed by atoms with Gasteiger partial charge in [-0.3, -0.25) is 10.1 Å². The maximum Gasteiger partial charge on any atom is 0.270 e. The van der Waals surface area contributed by atoms with Gasteiger partial charge in [-0.2, -0.15) is 5.26 Å². The summed E-state index contributed by atoms with van der Waals surface area (Å²) in [5, 5.41) is 22.7. The van der Waals surface area contributed by atoms with Gasteiger partial charge >= 0.3 is 0 Å². The molecule has 1 atom stereocenters. The molecule has 0 unspecified atom stereocenters. The summed E-state index contributed by atoms with van der Waals surface area (Å²) in [6, 6.07) is 6.43. The molecule has 0 amide bonds. The highest BCUT2D eigenvalue weighted by Gasteiger charge is 2.13. The second-order valence-electron chi connectivity index (χ2n) is 4.28. The Morgan fingerprint density at radius 1 is 1.41 bits per heavy atom. The molecule has 1 rings (SSSR count). The third-order valence-corrected chi connectivity index (χ3v) is 2.72. The molecule has 0 bridgehead atoms. The second kappa shape index (κ2) is 5.30. The van der Waals surface area contributed by atoms with E-state index in [1.165, 1.54) is 12.1 Å². The summed E-state index contributed by atoms with van der Waals surface area (Å²) in [6.07, 6.45) is 0. The predicted octanol–water partition coefficient (Wildman–Crippen LogP) is 2.92. The lowest BCUT2D eigenvalue weighted by atomic mass is 10.1. The van der Waals surface area contributed by atoms with Crippen molar-refractivity contribution in [3.63, 3.8) is 0 Å². The Kier molecular flexibility index (Phi) is 4.05. The number of benzene rings is 1. The van der Waals surface area contributed by atoms with Crippen LogP contribution >= 0.6 is 0 Å². The van der Waals surface area contributed by atoms with Gasteiger partial charge in [0.15, 0.2) is 0 Å². The molecule has 1 aromatic rings. The van der Waals surface area contributed by atoms with Crippen molar-refractivity contribution in [1.82, 2.24) is 0 Å². The van der Waals surface area contributed by atoms with E-state index in [1.807, 2.05) is 13.0 Å². The smallest absolute Gasteiger partial charge is 0.270 e. The molecule has 1 aromatic carbocycles. The van der Waals surface area contributed by atoms with Gasteiger partial charge in [-0.15, -0.1) is 0 Å². The molecule has 0 saturated carbocycles. The molecular formula is C12H15N3O2. The van der Waals surface area contributed by atoms with Crippen LogP contribution in [0.2, 0.25) is 0 Å². The van der Waals surface area contributed by atoms with Crippen molar-refractivity contribution in [1.29, 1.82) is 5.26 Å². The Morgan fingerprint density at radius 2 is 2.06 bits per heavy atom. The Morgan fingerprint density at radius 3 is 2.53 bits per heavy atom. The van der Waals surface area contributed by atoms with Crippen molar-refractivity contribution in [3.05, 3.63) is 33.9 Å². The fourth-order valence-corrected chi connectivity index (χ4v) is 1.28. The maximum atomic E-state index is 10.6. The van der Waals surface area contributed by atoms with Gasteiger partial charge in [-0.1, -0.05) is 13.8 Å². The number of nitro benzene ring substituents is 1. The SMILES string of the molecule is CC(C)[C@@H](C)Nc1ccc([N+](=O)[O-])cc1C#N. The minimum atomic E-state index is -0.503. The zero-order valence-electron chi connectivity index (χ0n) is 10.1. The van der Waals surface area contributed by atoms with E-state index in [0.717, 1.165) is 0 Å². The Hall–Kier alpha value is -2.09. The van der Waals surface area contributed by atoms with E-state index in [4.69, 9.17) is 5.26 Å². The molecule has 0 heterocycles. The third kappa shape index (κ3) is 3.18. The zero-order valence-corrected chi connectivity index (χ0v) is 10.1. The minimum absolute atomic E-state index is 0.0655. The third-order valence-electron chi connectivity index (χ3n) is 2.72. The fourth-order valence-electron chi connectivity index (χ4n) is 1.28. The average molecular weight is 233 g/mol. The minimum Gasteiger partial charge on any atom is -0.381 e. The van der Waals surface area contributed by atoms with Crippen molar-refractivity contribution >= 4 is 11.4 Å². The lowest BCUT2D eigenvalue weighted by Gasteiger charge is -2.19. The lowest BCUT2D eigenvalue weighted by Crippen LogP contribution is -2.22. The van der Waals surface area contributed by atoms with E-state index in [-0.39, 0.29) is 11.7 Å². The largest absolute Gasteiger partial charge is 0.381 e. The highest BCUT2D eigenvalue weighted by atomic mass is 16.6. The summed E-state index contributed by atoms with van der Waals surface area (Å²) in [7, 11) is 0. The van der Waals surface area contributed by atoms with Crippen LogP contribution in [0.5, 0.6) is 0 Å². The van der Waals surface area contributed by atoms with Crippen molar-refractivity contribution < 1.29 is 4.92 Å². The molecule has 5 heteroatoms. The van der Waals surface area contributed by atoms with Gasteiger partial charge in [0.05, 0.1) is 16.2 Å². The molecule has 0 aliphatic carbocycles.